The molecule has 0 spiro atoms. The average Bonchev–Trinajstić information content (AvgIpc) is 2.25. The molecule has 0 aliphatic heterocycles. The maximum absolute atomic E-state index is 11.2. The Kier molecular flexibility index (Phi) is 4.32. The third-order valence-corrected chi connectivity index (χ3v) is 1.87. The minimum Gasteiger partial charge on any atom is -0.377 e. The van der Waals surface area contributed by atoms with Crippen LogP contribution in [0.3, 0.4) is 0 Å². The summed E-state index contributed by atoms with van der Waals surface area (Å²) in [6.07, 6.45) is 0.0758. The highest BCUT2D eigenvalue weighted by atomic mass is 16.7. The molecular weight excluding hydrogens is 208 g/mol. The molecule has 2 amide bonds. The van der Waals surface area contributed by atoms with Crippen LogP contribution in [-0.2, 0) is 9.59 Å². The highest BCUT2D eigenvalue weighted by Crippen LogP contribution is 2.10. The van der Waals surface area contributed by atoms with Crippen LogP contribution in [0.1, 0.15) is 13.3 Å². The van der Waals surface area contributed by atoms with Crippen molar-refractivity contribution < 1.29 is 14.4 Å². The summed E-state index contributed by atoms with van der Waals surface area (Å²) < 4.78 is 0. The molecule has 0 saturated heterocycles. The maximum Gasteiger partial charge on any atom is 0.252 e. The molecule has 0 saturated carbocycles. The van der Waals surface area contributed by atoms with Gasteiger partial charge in [0.25, 0.3) is 5.91 Å². The van der Waals surface area contributed by atoms with E-state index in [2.05, 4.69) is 0 Å². The number of amides is 2. The first-order chi connectivity index (χ1) is 7.59. The van der Waals surface area contributed by atoms with Gasteiger partial charge >= 0.3 is 0 Å². The Bertz CT molecular complexity index is 365. The fourth-order valence-corrected chi connectivity index (χ4v) is 1.09. The molecule has 0 radical (unpaired) electrons. The number of carbonyl (C=O) groups excluding carboxylic acids is 2. The van der Waals surface area contributed by atoms with Crippen LogP contribution in [0.4, 0.5) is 0 Å². The third kappa shape index (κ3) is 4.00. The first-order valence-corrected chi connectivity index (χ1v) is 4.89. The van der Waals surface area contributed by atoms with Crippen LogP contribution >= 0.6 is 0 Å². The van der Waals surface area contributed by atoms with Crippen molar-refractivity contribution in [3.05, 3.63) is 30.3 Å². The second-order valence-corrected chi connectivity index (χ2v) is 3.24. The minimum atomic E-state index is -0.470. The second-order valence-electron chi connectivity index (χ2n) is 3.24. The van der Waals surface area contributed by atoms with Crippen molar-refractivity contribution in [3.8, 4) is 5.75 Å². The Balaban J connectivity index is 2.58. The van der Waals surface area contributed by atoms with E-state index in [1.54, 1.807) is 24.3 Å². The summed E-state index contributed by atoms with van der Waals surface area (Å²) in [4.78, 5) is 27.1. The molecule has 0 bridgehead atoms. The summed E-state index contributed by atoms with van der Waals surface area (Å²) in [6.45, 7) is 1.52. The van der Waals surface area contributed by atoms with Gasteiger partial charge in [-0.1, -0.05) is 18.2 Å². The maximum atomic E-state index is 11.2. The molecule has 0 atom stereocenters. The standard InChI is InChI=1S/C11H14N2O3/c1-9(14)13(8-7-11(12)15)16-10-5-3-2-4-6-10/h2-6H,7-8H2,1H3,(H2,12,15). The van der Waals surface area contributed by atoms with Crippen LogP contribution in [0.15, 0.2) is 30.3 Å². The Morgan fingerprint density at radius 3 is 2.44 bits per heavy atom. The van der Waals surface area contributed by atoms with Crippen molar-refractivity contribution in [3.63, 3.8) is 0 Å². The number of primary amides is 1. The van der Waals surface area contributed by atoms with Gasteiger partial charge in [-0.05, 0) is 12.1 Å². The molecular formula is C11H14N2O3. The van der Waals surface area contributed by atoms with Crippen LogP contribution in [-0.4, -0.2) is 23.4 Å². The van der Waals surface area contributed by atoms with Gasteiger partial charge in [-0.3, -0.25) is 9.59 Å². The number of nitrogens with two attached hydrogens (primary N) is 1. The van der Waals surface area contributed by atoms with Crippen molar-refractivity contribution in [2.75, 3.05) is 6.54 Å². The lowest BCUT2D eigenvalue weighted by Gasteiger charge is -2.20. The van der Waals surface area contributed by atoms with Crippen LogP contribution in [0.2, 0.25) is 0 Å². The number of hydrogen-bond donors (Lipinski definition) is 1. The molecule has 86 valence electrons. The number of carbonyl (C=O) groups is 2. The fraction of sp³-hybridized carbons (Fsp3) is 0.273. The molecule has 2 N–H and O–H groups in total. The van der Waals surface area contributed by atoms with E-state index in [4.69, 9.17) is 10.6 Å². The summed E-state index contributed by atoms with van der Waals surface area (Å²) in [7, 11) is 0. The molecule has 0 heterocycles. The second kappa shape index (κ2) is 5.75. The Morgan fingerprint density at radius 1 is 1.31 bits per heavy atom. The van der Waals surface area contributed by atoms with E-state index in [9.17, 15) is 9.59 Å². The topological polar surface area (TPSA) is 72.6 Å². The highest BCUT2D eigenvalue weighted by Gasteiger charge is 2.11. The van der Waals surface area contributed by atoms with Crippen LogP contribution in [0, 0.1) is 0 Å². The van der Waals surface area contributed by atoms with Crippen molar-refractivity contribution in [2.45, 2.75) is 13.3 Å². The lowest BCUT2D eigenvalue weighted by atomic mass is 10.3. The Hall–Kier alpha value is -2.04. The number of para-hydroxylation sites is 1. The van der Waals surface area contributed by atoms with Gasteiger partial charge in [-0.2, -0.15) is 5.06 Å². The van der Waals surface area contributed by atoms with Gasteiger partial charge in [0, 0.05) is 13.3 Å². The SMILES string of the molecule is CC(=O)N(CCC(N)=O)Oc1ccccc1. The van der Waals surface area contributed by atoms with E-state index in [1.165, 1.54) is 6.92 Å². The van der Waals surface area contributed by atoms with Gasteiger partial charge < -0.3 is 10.6 Å². The first-order valence-electron chi connectivity index (χ1n) is 4.89. The summed E-state index contributed by atoms with van der Waals surface area (Å²) in [5.74, 6) is -0.199. The molecule has 0 aliphatic rings. The molecule has 0 unspecified atom stereocenters. The van der Waals surface area contributed by atoms with E-state index in [1.807, 2.05) is 6.07 Å². The van der Waals surface area contributed by atoms with Gasteiger partial charge in [0.05, 0.1) is 6.54 Å². The molecule has 0 aliphatic carbocycles. The fourth-order valence-electron chi connectivity index (χ4n) is 1.09. The highest BCUT2D eigenvalue weighted by molar-refractivity contribution is 5.76. The summed E-state index contributed by atoms with van der Waals surface area (Å²) in [6, 6.07) is 8.87. The predicted molar refractivity (Wildman–Crippen MR) is 58.3 cm³/mol. The van der Waals surface area contributed by atoms with Crippen molar-refractivity contribution in [1.29, 1.82) is 0 Å². The largest absolute Gasteiger partial charge is 0.377 e. The Labute approximate surface area is 93.7 Å². The quantitative estimate of drug-likeness (QED) is 0.745. The Morgan fingerprint density at radius 2 is 1.94 bits per heavy atom. The van der Waals surface area contributed by atoms with E-state index < -0.39 is 5.91 Å². The lowest BCUT2D eigenvalue weighted by Crippen LogP contribution is -2.35. The number of hydrogen-bond acceptors (Lipinski definition) is 3. The zero-order valence-electron chi connectivity index (χ0n) is 9.05. The van der Waals surface area contributed by atoms with Gasteiger partial charge in [0.2, 0.25) is 5.91 Å². The van der Waals surface area contributed by atoms with Crippen molar-refractivity contribution in [1.82, 2.24) is 5.06 Å². The van der Waals surface area contributed by atoms with Crippen molar-refractivity contribution in [2.24, 2.45) is 5.73 Å². The molecule has 1 rings (SSSR count). The molecule has 1 aromatic carbocycles. The minimum absolute atomic E-state index is 0.0758. The van der Waals surface area contributed by atoms with Gasteiger partial charge in [0.1, 0.15) is 0 Å². The number of hydroxylamine groups is 2. The summed E-state index contributed by atoms with van der Waals surface area (Å²) >= 11 is 0. The van der Waals surface area contributed by atoms with Gasteiger partial charge in [-0.15, -0.1) is 0 Å². The van der Waals surface area contributed by atoms with E-state index in [0.29, 0.717) is 5.75 Å². The van der Waals surface area contributed by atoms with E-state index in [0.717, 1.165) is 5.06 Å². The summed E-state index contributed by atoms with van der Waals surface area (Å²) in [5.41, 5.74) is 5.00. The third-order valence-electron chi connectivity index (χ3n) is 1.87. The number of benzene rings is 1. The molecule has 0 fully saturated rings. The van der Waals surface area contributed by atoms with Crippen LogP contribution in [0.5, 0.6) is 5.75 Å². The predicted octanol–water partition coefficient (Wildman–Crippen LogP) is 0.704. The van der Waals surface area contributed by atoms with Crippen LogP contribution in [0.25, 0.3) is 0 Å². The number of nitrogens with zero attached hydrogens (tertiary/aromatic N) is 1. The normalized spacial score (nSPS) is 9.56. The lowest BCUT2D eigenvalue weighted by molar-refractivity contribution is -0.155. The van der Waals surface area contributed by atoms with Crippen molar-refractivity contribution >= 4 is 11.8 Å². The van der Waals surface area contributed by atoms with E-state index >= 15 is 0 Å². The zero-order chi connectivity index (χ0) is 12.0. The smallest absolute Gasteiger partial charge is 0.252 e. The first kappa shape index (κ1) is 12.0. The molecule has 1 aromatic rings. The van der Waals surface area contributed by atoms with E-state index in [-0.39, 0.29) is 18.9 Å². The number of rotatable bonds is 5. The van der Waals surface area contributed by atoms with Gasteiger partial charge in [-0.25, -0.2) is 0 Å². The molecule has 5 heteroatoms. The molecule has 16 heavy (non-hydrogen) atoms. The van der Waals surface area contributed by atoms with Gasteiger partial charge in [0.15, 0.2) is 5.75 Å². The molecule has 5 nitrogen and oxygen atoms in total. The summed E-state index contributed by atoms with van der Waals surface area (Å²) in [5, 5.41) is 1.11. The monoisotopic (exact) mass is 222 g/mol. The van der Waals surface area contributed by atoms with Crippen LogP contribution < -0.4 is 10.6 Å². The molecule has 0 aromatic heterocycles. The zero-order valence-corrected chi connectivity index (χ0v) is 9.05. The average molecular weight is 222 g/mol.